The van der Waals surface area contributed by atoms with Crippen molar-refractivity contribution < 1.29 is 23.7 Å². The van der Waals surface area contributed by atoms with Crippen LogP contribution in [0.5, 0.6) is 23.0 Å². The molecule has 0 aliphatic carbocycles. The highest BCUT2D eigenvalue weighted by atomic mass is 32.1. The maximum absolute atomic E-state index is 14.0. The van der Waals surface area contributed by atoms with Crippen molar-refractivity contribution in [2.45, 2.75) is 39.8 Å². The number of rotatable bonds is 9. The number of thiazole rings is 1. The lowest BCUT2D eigenvalue weighted by atomic mass is 9.95. The Kier molecular flexibility index (Phi) is 8.59. The Morgan fingerprint density at radius 3 is 2.50 bits per heavy atom. The zero-order chi connectivity index (χ0) is 29.8. The third-order valence-electron chi connectivity index (χ3n) is 6.52. The first kappa shape index (κ1) is 28.9. The van der Waals surface area contributed by atoms with Crippen LogP contribution < -0.4 is 29.1 Å². The van der Waals surface area contributed by atoms with E-state index in [0.717, 1.165) is 11.3 Å². The van der Waals surface area contributed by atoms with Crippen molar-refractivity contribution in [1.29, 1.82) is 0 Å². The van der Waals surface area contributed by atoms with E-state index in [2.05, 4.69) is 4.99 Å². The molecule has 0 saturated carbocycles. The number of aromatic nitrogens is 1. The van der Waals surface area contributed by atoms with Gasteiger partial charge in [-0.05, 0) is 81.3 Å². The lowest BCUT2D eigenvalue weighted by Gasteiger charge is -2.25. The zero-order valence-corrected chi connectivity index (χ0v) is 24.9. The van der Waals surface area contributed by atoms with Gasteiger partial charge in [0.2, 0.25) is 0 Å². The van der Waals surface area contributed by atoms with Gasteiger partial charge in [-0.25, -0.2) is 9.79 Å². The van der Waals surface area contributed by atoms with Gasteiger partial charge >= 0.3 is 5.97 Å². The summed E-state index contributed by atoms with van der Waals surface area (Å²) < 4.78 is 24.9. The van der Waals surface area contributed by atoms with Crippen LogP contribution >= 0.6 is 11.3 Å². The Morgan fingerprint density at radius 2 is 1.79 bits per heavy atom. The van der Waals surface area contributed by atoms with Gasteiger partial charge in [-0.1, -0.05) is 47.7 Å². The lowest BCUT2D eigenvalue weighted by molar-refractivity contribution is -0.139. The molecule has 1 aromatic heterocycles. The number of hydrogen-bond donors (Lipinski definition) is 0. The maximum atomic E-state index is 14.0. The van der Waals surface area contributed by atoms with Gasteiger partial charge in [0.1, 0.15) is 11.5 Å². The molecule has 1 aliphatic heterocycles. The number of carbonyl (C=O) groups excluding carboxylic acids is 1. The van der Waals surface area contributed by atoms with Crippen LogP contribution in [0, 0.1) is 0 Å². The number of para-hydroxylation sites is 1. The molecule has 5 rings (SSSR count). The molecule has 42 heavy (non-hydrogen) atoms. The molecule has 0 N–H and O–H groups in total. The summed E-state index contributed by atoms with van der Waals surface area (Å²) in [5, 5.41) is 0. The van der Waals surface area contributed by atoms with Gasteiger partial charge in [0, 0.05) is 0 Å². The summed E-state index contributed by atoms with van der Waals surface area (Å²) in [6, 6.07) is 21.7. The van der Waals surface area contributed by atoms with Crippen LogP contribution in [0.25, 0.3) is 6.08 Å². The van der Waals surface area contributed by atoms with E-state index in [9.17, 15) is 9.59 Å². The third-order valence-corrected chi connectivity index (χ3v) is 7.50. The highest BCUT2D eigenvalue weighted by Gasteiger charge is 2.34. The molecule has 0 radical (unpaired) electrons. The van der Waals surface area contributed by atoms with Gasteiger partial charge in [0.05, 0.1) is 41.7 Å². The van der Waals surface area contributed by atoms with Crippen LogP contribution in [0.1, 0.15) is 44.9 Å². The minimum Gasteiger partial charge on any atom is -0.493 e. The van der Waals surface area contributed by atoms with E-state index in [-0.39, 0.29) is 18.3 Å². The molecule has 0 fully saturated rings. The number of nitrogens with zero attached hydrogens (tertiary/aromatic N) is 2. The fourth-order valence-electron chi connectivity index (χ4n) is 4.76. The maximum Gasteiger partial charge on any atom is 0.338 e. The smallest absolute Gasteiger partial charge is 0.338 e. The van der Waals surface area contributed by atoms with E-state index in [1.54, 1.807) is 37.7 Å². The molecule has 4 aromatic rings. The molecule has 8 nitrogen and oxygen atoms in total. The summed E-state index contributed by atoms with van der Waals surface area (Å²) in [5.74, 6) is 1.91. The molecule has 0 saturated heterocycles. The van der Waals surface area contributed by atoms with Crippen molar-refractivity contribution in [2.75, 3.05) is 13.7 Å². The first-order valence-corrected chi connectivity index (χ1v) is 14.5. The van der Waals surface area contributed by atoms with Crippen molar-refractivity contribution >= 4 is 23.4 Å². The molecule has 0 amide bonds. The fraction of sp³-hybridized carbons (Fsp3) is 0.242. The Labute approximate surface area is 247 Å². The standard InChI is InChI=1S/C33H32N2O6S/c1-6-39-32(37)29-21(4)34-33-35(30(29)23-15-16-26(40-20(2)3)27(19-23)38-5)31(36)28(42-33)18-22-11-10-14-25(17-22)41-24-12-8-7-9-13-24/h7-20,30H,6H2,1-5H3/b28-18-/t30-/m0/s1. The van der Waals surface area contributed by atoms with Crippen molar-refractivity contribution in [3.8, 4) is 23.0 Å². The highest BCUT2D eigenvalue weighted by molar-refractivity contribution is 7.07. The second-order valence-electron chi connectivity index (χ2n) is 9.87. The first-order chi connectivity index (χ1) is 20.3. The summed E-state index contributed by atoms with van der Waals surface area (Å²) in [5.41, 5.74) is 1.99. The van der Waals surface area contributed by atoms with Crippen LogP contribution in [-0.2, 0) is 9.53 Å². The number of ether oxygens (including phenoxy) is 4. The first-order valence-electron chi connectivity index (χ1n) is 13.7. The molecule has 3 aromatic carbocycles. The summed E-state index contributed by atoms with van der Waals surface area (Å²) in [7, 11) is 1.56. The van der Waals surface area contributed by atoms with Crippen molar-refractivity contribution in [3.05, 3.63) is 115 Å². The second kappa shape index (κ2) is 12.5. The largest absolute Gasteiger partial charge is 0.493 e. The normalized spacial score (nSPS) is 14.8. The number of carbonyl (C=O) groups is 1. The summed E-state index contributed by atoms with van der Waals surface area (Å²) in [4.78, 5) is 32.4. The predicted molar refractivity (Wildman–Crippen MR) is 162 cm³/mol. The van der Waals surface area contributed by atoms with Crippen LogP contribution in [0.15, 0.2) is 93.9 Å². The predicted octanol–water partition coefficient (Wildman–Crippen LogP) is 5.39. The molecular weight excluding hydrogens is 552 g/mol. The van der Waals surface area contributed by atoms with E-state index >= 15 is 0 Å². The van der Waals surface area contributed by atoms with Gasteiger partial charge in [-0.2, -0.15) is 0 Å². The Bertz CT molecular complexity index is 1820. The monoisotopic (exact) mass is 584 g/mol. The summed E-state index contributed by atoms with van der Waals surface area (Å²) in [6.45, 7) is 7.56. The molecule has 0 spiro atoms. The number of benzene rings is 3. The van der Waals surface area contributed by atoms with E-state index in [1.807, 2.05) is 80.6 Å². The molecule has 2 heterocycles. The topological polar surface area (TPSA) is 88.4 Å². The van der Waals surface area contributed by atoms with E-state index in [1.165, 1.54) is 11.3 Å². The van der Waals surface area contributed by atoms with E-state index in [0.29, 0.717) is 43.4 Å². The minimum absolute atomic E-state index is 0.0590. The minimum atomic E-state index is -0.766. The molecule has 0 bridgehead atoms. The quantitative estimate of drug-likeness (QED) is 0.245. The molecule has 216 valence electrons. The summed E-state index contributed by atoms with van der Waals surface area (Å²) in [6.07, 6.45) is 1.75. The number of allylic oxidation sites excluding steroid dienone is 1. The number of hydrogen-bond acceptors (Lipinski definition) is 8. The second-order valence-corrected chi connectivity index (χ2v) is 10.9. The van der Waals surface area contributed by atoms with E-state index < -0.39 is 12.0 Å². The Balaban J connectivity index is 1.62. The highest BCUT2D eigenvalue weighted by Crippen LogP contribution is 2.36. The van der Waals surface area contributed by atoms with Crippen LogP contribution in [0.4, 0.5) is 0 Å². The molecule has 0 unspecified atom stereocenters. The fourth-order valence-corrected chi connectivity index (χ4v) is 5.80. The third kappa shape index (κ3) is 6.01. The number of esters is 1. The Hall–Kier alpha value is -4.63. The van der Waals surface area contributed by atoms with Crippen LogP contribution in [0.3, 0.4) is 0 Å². The lowest BCUT2D eigenvalue weighted by Crippen LogP contribution is -2.40. The average molecular weight is 585 g/mol. The molecular formula is C33H32N2O6S. The summed E-state index contributed by atoms with van der Waals surface area (Å²) >= 11 is 1.26. The molecule has 1 atom stereocenters. The van der Waals surface area contributed by atoms with Crippen LogP contribution in [0.2, 0.25) is 0 Å². The number of fused-ring (bicyclic) bond motifs is 1. The zero-order valence-electron chi connectivity index (χ0n) is 24.1. The van der Waals surface area contributed by atoms with Gasteiger partial charge in [-0.15, -0.1) is 0 Å². The number of methoxy groups -OCH3 is 1. The average Bonchev–Trinajstić information content (AvgIpc) is 3.27. The van der Waals surface area contributed by atoms with Gasteiger partial charge in [0.25, 0.3) is 5.56 Å². The van der Waals surface area contributed by atoms with Gasteiger partial charge in [0.15, 0.2) is 16.3 Å². The van der Waals surface area contributed by atoms with Crippen molar-refractivity contribution in [3.63, 3.8) is 0 Å². The molecule has 1 aliphatic rings. The van der Waals surface area contributed by atoms with Crippen LogP contribution in [-0.4, -0.2) is 30.4 Å². The van der Waals surface area contributed by atoms with E-state index in [4.69, 9.17) is 18.9 Å². The van der Waals surface area contributed by atoms with Gasteiger partial charge in [-0.3, -0.25) is 9.36 Å². The van der Waals surface area contributed by atoms with Gasteiger partial charge < -0.3 is 18.9 Å². The molecule has 9 heteroatoms. The SMILES string of the molecule is CCOC(=O)C1=C(C)N=c2s/c(=C\c3cccc(Oc4ccccc4)c3)c(=O)n2[C@H]1c1ccc(OC(C)C)c(OC)c1. The van der Waals surface area contributed by atoms with Crippen molar-refractivity contribution in [2.24, 2.45) is 4.99 Å². The van der Waals surface area contributed by atoms with Crippen molar-refractivity contribution in [1.82, 2.24) is 4.57 Å². The Morgan fingerprint density at radius 1 is 1.02 bits per heavy atom.